The van der Waals surface area contributed by atoms with Gasteiger partial charge in [-0.1, -0.05) is 0 Å². The first-order valence-electron chi connectivity index (χ1n) is 8.31. The van der Waals surface area contributed by atoms with Gasteiger partial charge in [0.15, 0.2) is 0 Å². The Balaban J connectivity index is 1.62. The number of carbonyl (C=O) groups is 1. The van der Waals surface area contributed by atoms with Crippen LogP contribution in [-0.2, 0) is 19.3 Å². The fraction of sp³-hybridized carbons (Fsp3) is 0.444. The van der Waals surface area contributed by atoms with Gasteiger partial charge in [-0.15, -0.1) is 11.8 Å². The molecule has 5 nitrogen and oxygen atoms in total. The largest absolute Gasteiger partial charge is 0.352 e. The van der Waals surface area contributed by atoms with E-state index in [4.69, 9.17) is 4.98 Å². The third-order valence-corrected chi connectivity index (χ3v) is 4.99. The fourth-order valence-electron chi connectivity index (χ4n) is 3.07. The molecule has 0 aliphatic heterocycles. The minimum atomic E-state index is -0.0952. The van der Waals surface area contributed by atoms with Crippen LogP contribution in [0.3, 0.4) is 0 Å². The first-order chi connectivity index (χ1) is 11.7. The molecule has 1 aliphatic rings. The number of hydrogen-bond donors (Lipinski definition) is 1. The van der Waals surface area contributed by atoms with Gasteiger partial charge in [-0.3, -0.25) is 4.79 Å². The van der Waals surface area contributed by atoms with E-state index >= 15 is 0 Å². The topological polar surface area (TPSA) is 67.8 Å². The van der Waals surface area contributed by atoms with Crippen LogP contribution in [0.25, 0.3) is 0 Å². The third-order valence-electron chi connectivity index (χ3n) is 4.28. The molecule has 1 aliphatic carbocycles. The Bertz CT molecular complexity index is 748. The van der Waals surface area contributed by atoms with Crippen LogP contribution in [-0.4, -0.2) is 33.7 Å². The number of aryl methyl sites for hydroxylation is 2. The van der Waals surface area contributed by atoms with Crippen LogP contribution >= 0.6 is 11.8 Å². The molecule has 6 heteroatoms. The molecule has 24 heavy (non-hydrogen) atoms. The summed E-state index contributed by atoms with van der Waals surface area (Å²) < 4.78 is 0. The van der Waals surface area contributed by atoms with E-state index in [2.05, 4.69) is 22.2 Å². The van der Waals surface area contributed by atoms with Crippen molar-refractivity contribution in [2.45, 2.75) is 44.1 Å². The normalized spacial score (nSPS) is 13.4. The first-order valence-corrected chi connectivity index (χ1v) is 9.54. The number of amides is 1. The molecule has 0 radical (unpaired) electrons. The average molecular weight is 342 g/mol. The molecule has 3 rings (SSSR count). The Morgan fingerprint density at radius 3 is 2.96 bits per heavy atom. The molecule has 0 saturated heterocycles. The van der Waals surface area contributed by atoms with E-state index < -0.39 is 0 Å². The van der Waals surface area contributed by atoms with Crippen molar-refractivity contribution in [3.8, 4) is 0 Å². The molecule has 2 aromatic rings. The highest BCUT2D eigenvalue weighted by molar-refractivity contribution is 7.98. The SMILES string of the molecule is CSc1ncccc1C(=O)NCCc1nc(C)c2c(n1)CCCC2. The van der Waals surface area contributed by atoms with Gasteiger partial charge in [0.2, 0.25) is 0 Å². The van der Waals surface area contributed by atoms with E-state index in [1.54, 1.807) is 18.3 Å². The van der Waals surface area contributed by atoms with Gasteiger partial charge >= 0.3 is 0 Å². The summed E-state index contributed by atoms with van der Waals surface area (Å²) in [6.45, 7) is 2.59. The van der Waals surface area contributed by atoms with Crippen LogP contribution in [0, 0.1) is 6.92 Å². The molecule has 0 aromatic carbocycles. The molecule has 1 amide bonds. The molecule has 2 aromatic heterocycles. The molecule has 0 saturated carbocycles. The lowest BCUT2D eigenvalue weighted by atomic mass is 9.95. The van der Waals surface area contributed by atoms with Crippen molar-refractivity contribution in [1.29, 1.82) is 0 Å². The predicted molar refractivity (Wildman–Crippen MR) is 95.5 cm³/mol. The van der Waals surface area contributed by atoms with Gasteiger partial charge in [0.1, 0.15) is 10.9 Å². The van der Waals surface area contributed by atoms with Gasteiger partial charge in [-0.25, -0.2) is 15.0 Å². The summed E-state index contributed by atoms with van der Waals surface area (Å²) in [5.41, 5.74) is 4.24. The van der Waals surface area contributed by atoms with Crippen LogP contribution in [0.2, 0.25) is 0 Å². The molecule has 126 valence electrons. The van der Waals surface area contributed by atoms with Gasteiger partial charge in [0.25, 0.3) is 5.91 Å². The maximum absolute atomic E-state index is 12.3. The Hall–Kier alpha value is -1.95. The molecular weight excluding hydrogens is 320 g/mol. The zero-order chi connectivity index (χ0) is 16.9. The predicted octanol–water partition coefficient (Wildman–Crippen LogP) is 2.75. The van der Waals surface area contributed by atoms with Gasteiger partial charge in [0, 0.05) is 30.6 Å². The number of aromatic nitrogens is 3. The highest BCUT2D eigenvalue weighted by atomic mass is 32.2. The second-order valence-corrected chi connectivity index (χ2v) is 6.72. The van der Waals surface area contributed by atoms with Crippen LogP contribution < -0.4 is 5.32 Å². The number of pyridine rings is 1. The van der Waals surface area contributed by atoms with Crippen molar-refractivity contribution < 1.29 is 4.79 Å². The van der Waals surface area contributed by atoms with E-state index in [9.17, 15) is 4.79 Å². The van der Waals surface area contributed by atoms with Crippen LogP contribution in [0.15, 0.2) is 23.4 Å². The number of hydrogen-bond acceptors (Lipinski definition) is 5. The number of carbonyl (C=O) groups excluding carboxylic acids is 1. The number of fused-ring (bicyclic) bond motifs is 1. The van der Waals surface area contributed by atoms with Gasteiger partial charge < -0.3 is 5.32 Å². The summed E-state index contributed by atoms with van der Waals surface area (Å²) in [4.78, 5) is 25.8. The minimum absolute atomic E-state index is 0.0952. The van der Waals surface area contributed by atoms with Crippen molar-refractivity contribution in [1.82, 2.24) is 20.3 Å². The lowest BCUT2D eigenvalue weighted by Gasteiger charge is -2.17. The second-order valence-electron chi connectivity index (χ2n) is 5.92. The zero-order valence-electron chi connectivity index (χ0n) is 14.1. The monoisotopic (exact) mass is 342 g/mol. The van der Waals surface area contributed by atoms with E-state index in [0.717, 1.165) is 29.4 Å². The number of nitrogens with zero attached hydrogens (tertiary/aromatic N) is 3. The van der Waals surface area contributed by atoms with E-state index in [1.807, 2.05) is 6.26 Å². The van der Waals surface area contributed by atoms with Crippen molar-refractivity contribution in [2.75, 3.05) is 12.8 Å². The van der Waals surface area contributed by atoms with Gasteiger partial charge in [-0.05, 0) is 56.6 Å². The van der Waals surface area contributed by atoms with Crippen LogP contribution in [0.1, 0.15) is 46.0 Å². The van der Waals surface area contributed by atoms with Crippen LogP contribution in [0.5, 0.6) is 0 Å². The van der Waals surface area contributed by atoms with E-state index in [0.29, 0.717) is 18.5 Å². The highest BCUT2D eigenvalue weighted by Gasteiger charge is 2.16. The number of thioether (sulfide) groups is 1. The Kier molecular flexibility index (Phi) is 5.45. The fourth-order valence-corrected chi connectivity index (χ4v) is 3.61. The highest BCUT2D eigenvalue weighted by Crippen LogP contribution is 2.21. The average Bonchev–Trinajstić information content (AvgIpc) is 2.61. The molecule has 0 unspecified atom stereocenters. The van der Waals surface area contributed by atoms with Crippen molar-refractivity contribution in [3.05, 3.63) is 46.7 Å². The van der Waals surface area contributed by atoms with E-state index in [1.165, 1.54) is 35.9 Å². The van der Waals surface area contributed by atoms with Crippen LogP contribution in [0.4, 0.5) is 0 Å². The molecule has 0 spiro atoms. The van der Waals surface area contributed by atoms with Crippen molar-refractivity contribution in [2.24, 2.45) is 0 Å². The molecule has 1 N–H and O–H groups in total. The van der Waals surface area contributed by atoms with Gasteiger partial charge in [-0.2, -0.15) is 0 Å². The zero-order valence-corrected chi connectivity index (χ0v) is 14.9. The molecular formula is C18H22N4OS. The lowest BCUT2D eigenvalue weighted by molar-refractivity contribution is 0.0950. The smallest absolute Gasteiger partial charge is 0.254 e. The summed E-state index contributed by atoms with van der Waals surface area (Å²) in [5, 5.41) is 3.70. The third kappa shape index (κ3) is 3.75. The molecule has 0 bridgehead atoms. The second kappa shape index (κ2) is 7.75. The Labute approximate surface area is 146 Å². The summed E-state index contributed by atoms with van der Waals surface area (Å²) in [6.07, 6.45) is 8.85. The maximum atomic E-state index is 12.3. The first kappa shape index (κ1) is 16.9. The summed E-state index contributed by atoms with van der Waals surface area (Å²) >= 11 is 1.47. The molecule has 2 heterocycles. The van der Waals surface area contributed by atoms with E-state index in [-0.39, 0.29) is 5.91 Å². The number of rotatable bonds is 5. The molecule has 0 fully saturated rings. The summed E-state index contributed by atoms with van der Waals surface area (Å²) in [6, 6.07) is 3.58. The Morgan fingerprint density at radius 2 is 2.12 bits per heavy atom. The standard InChI is InChI=1S/C18H22N4OS/c1-12-13-6-3-4-8-15(13)22-16(21-12)9-11-19-17(23)14-7-5-10-20-18(14)24-2/h5,7,10H,3-4,6,8-9,11H2,1-2H3,(H,19,23). The maximum Gasteiger partial charge on any atom is 0.254 e. The molecule has 0 atom stereocenters. The quantitative estimate of drug-likeness (QED) is 0.846. The summed E-state index contributed by atoms with van der Waals surface area (Å²) in [7, 11) is 0. The number of nitrogens with one attached hydrogen (secondary N) is 1. The van der Waals surface area contributed by atoms with Gasteiger partial charge in [0.05, 0.1) is 5.56 Å². The summed E-state index contributed by atoms with van der Waals surface area (Å²) in [5.74, 6) is 0.729. The lowest BCUT2D eigenvalue weighted by Crippen LogP contribution is -2.27. The van der Waals surface area contributed by atoms with Crippen molar-refractivity contribution >= 4 is 17.7 Å². The van der Waals surface area contributed by atoms with Crippen molar-refractivity contribution in [3.63, 3.8) is 0 Å². The Morgan fingerprint density at radius 1 is 1.29 bits per heavy atom. The minimum Gasteiger partial charge on any atom is -0.352 e.